The summed E-state index contributed by atoms with van der Waals surface area (Å²) in [6.45, 7) is 13.5. The number of nitrogens with zero attached hydrogens (tertiary/aromatic N) is 3. The topological polar surface area (TPSA) is 28.1 Å². The Bertz CT molecular complexity index is 922. The molecular weight excluding hydrogens is 358 g/mol. The van der Waals surface area contributed by atoms with E-state index in [0.717, 1.165) is 44.1 Å². The van der Waals surface area contributed by atoms with Crippen LogP contribution in [0, 0.1) is 0 Å². The van der Waals surface area contributed by atoms with Gasteiger partial charge >= 0.3 is 0 Å². The van der Waals surface area contributed by atoms with Crippen molar-refractivity contribution in [3.05, 3.63) is 59.7 Å². The van der Waals surface area contributed by atoms with E-state index in [-0.39, 0.29) is 5.54 Å². The number of likely N-dealkylation sites (N-methyl/N-ethyl adjacent to an activating group) is 1. The van der Waals surface area contributed by atoms with E-state index in [1.165, 1.54) is 22.5 Å². The lowest BCUT2D eigenvalue weighted by molar-refractivity contribution is 0.122. The van der Waals surface area contributed by atoms with Crippen LogP contribution in [0.15, 0.2) is 53.5 Å². The van der Waals surface area contributed by atoms with Crippen LogP contribution >= 0.6 is 0 Å². The standard InChI is InChI=1S/C25H31N3O/c1-5-28-24-11-6-20(16-23(24)19(2)17-25(28,3)4)18-26-21-7-9-22(10-8-21)27-12-14-29-15-13-27/h6-11,16-18H,5,12-15H2,1-4H3. The summed E-state index contributed by atoms with van der Waals surface area (Å²) in [4.78, 5) is 9.52. The lowest BCUT2D eigenvalue weighted by atomic mass is 9.88. The number of benzene rings is 2. The molecule has 0 bridgehead atoms. The van der Waals surface area contributed by atoms with Crippen molar-refractivity contribution in [1.82, 2.24) is 0 Å². The highest BCUT2D eigenvalue weighted by Gasteiger charge is 2.29. The first-order valence-electron chi connectivity index (χ1n) is 10.6. The number of morpholine rings is 1. The van der Waals surface area contributed by atoms with Crippen molar-refractivity contribution in [2.75, 3.05) is 42.6 Å². The van der Waals surface area contributed by atoms with Gasteiger partial charge in [0.25, 0.3) is 0 Å². The van der Waals surface area contributed by atoms with E-state index in [1.807, 2.05) is 6.21 Å². The fourth-order valence-corrected chi connectivity index (χ4v) is 4.48. The molecule has 2 aromatic carbocycles. The number of ether oxygens (including phenoxy) is 1. The van der Waals surface area contributed by atoms with Crippen molar-refractivity contribution in [2.45, 2.75) is 33.2 Å². The maximum atomic E-state index is 5.43. The molecule has 1 saturated heterocycles. The van der Waals surface area contributed by atoms with E-state index >= 15 is 0 Å². The number of hydrogen-bond acceptors (Lipinski definition) is 4. The zero-order chi connectivity index (χ0) is 20.4. The van der Waals surface area contributed by atoms with Gasteiger partial charge in [-0.25, -0.2) is 0 Å². The maximum Gasteiger partial charge on any atom is 0.0642 e. The van der Waals surface area contributed by atoms with Crippen molar-refractivity contribution in [2.24, 2.45) is 4.99 Å². The van der Waals surface area contributed by atoms with Gasteiger partial charge in [-0.3, -0.25) is 4.99 Å². The molecule has 2 heterocycles. The van der Waals surface area contributed by atoms with Crippen molar-refractivity contribution < 1.29 is 4.74 Å². The first kappa shape index (κ1) is 19.7. The third kappa shape index (κ3) is 4.08. The van der Waals surface area contributed by atoms with Gasteiger partial charge in [0.1, 0.15) is 0 Å². The quantitative estimate of drug-likeness (QED) is 0.665. The lowest BCUT2D eigenvalue weighted by Gasteiger charge is -2.42. The zero-order valence-electron chi connectivity index (χ0n) is 18.0. The minimum Gasteiger partial charge on any atom is -0.378 e. The predicted octanol–water partition coefficient (Wildman–Crippen LogP) is 5.30. The SMILES string of the molecule is CCN1c2ccc(C=Nc3ccc(N4CCOCC4)cc3)cc2C(C)=CC1(C)C. The highest BCUT2D eigenvalue weighted by atomic mass is 16.5. The first-order chi connectivity index (χ1) is 14.0. The van der Waals surface area contributed by atoms with Gasteiger partial charge in [-0.05, 0) is 75.2 Å². The van der Waals surface area contributed by atoms with Gasteiger partial charge in [0.15, 0.2) is 0 Å². The molecule has 152 valence electrons. The molecule has 2 aliphatic heterocycles. The Balaban J connectivity index is 1.53. The lowest BCUT2D eigenvalue weighted by Crippen LogP contribution is -2.44. The molecule has 0 aromatic heterocycles. The zero-order valence-corrected chi connectivity index (χ0v) is 18.0. The van der Waals surface area contributed by atoms with Gasteiger partial charge in [0.05, 0.1) is 24.4 Å². The van der Waals surface area contributed by atoms with Gasteiger partial charge in [-0.1, -0.05) is 12.1 Å². The van der Waals surface area contributed by atoms with Gasteiger partial charge in [-0.15, -0.1) is 0 Å². The molecule has 0 saturated carbocycles. The molecule has 4 heteroatoms. The summed E-state index contributed by atoms with van der Waals surface area (Å²) in [7, 11) is 0. The van der Waals surface area contributed by atoms with Crippen LogP contribution in [0.2, 0.25) is 0 Å². The van der Waals surface area contributed by atoms with Crippen molar-refractivity contribution >= 4 is 28.8 Å². The maximum absolute atomic E-state index is 5.43. The van der Waals surface area contributed by atoms with Gasteiger partial charge in [-0.2, -0.15) is 0 Å². The Labute approximate surface area is 174 Å². The van der Waals surface area contributed by atoms with Crippen LogP contribution in [0.5, 0.6) is 0 Å². The molecule has 2 aliphatic rings. The molecule has 0 atom stereocenters. The Hall–Kier alpha value is -2.59. The van der Waals surface area contributed by atoms with Crippen molar-refractivity contribution in [3.8, 4) is 0 Å². The molecule has 4 nitrogen and oxygen atoms in total. The molecular formula is C25H31N3O. The van der Waals surface area contributed by atoms with Crippen molar-refractivity contribution in [3.63, 3.8) is 0 Å². The molecule has 1 fully saturated rings. The fraction of sp³-hybridized carbons (Fsp3) is 0.400. The second-order valence-electron chi connectivity index (χ2n) is 8.38. The predicted molar refractivity (Wildman–Crippen MR) is 124 cm³/mol. The largest absolute Gasteiger partial charge is 0.378 e. The Morgan fingerprint density at radius 3 is 2.48 bits per heavy atom. The fourth-order valence-electron chi connectivity index (χ4n) is 4.48. The van der Waals surface area contributed by atoms with Crippen LogP contribution in [0.3, 0.4) is 0 Å². The summed E-state index contributed by atoms with van der Waals surface area (Å²) in [5.41, 5.74) is 7.34. The summed E-state index contributed by atoms with van der Waals surface area (Å²) in [5.74, 6) is 0. The third-order valence-electron chi connectivity index (χ3n) is 5.91. The van der Waals surface area contributed by atoms with E-state index in [1.54, 1.807) is 0 Å². The minimum atomic E-state index is 0.0453. The summed E-state index contributed by atoms with van der Waals surface area (Å²) >= 11 is 0. The summed E-state index contributed by atoms with van der Waals surface area (Å²) in [6, 6.07) is 15.1. The molecule has 4 rings (SSSR count). The van der Waals surface area contributed by atoms with E-state index in [4.69, 9.17) is 9.73 Å². The van der Waals surface area contributed by atoms with Crippen LogP contribution < -0.4 is 9.80 Å². The van der Waals surface area contributed by atoms with E-state index in [9.17, 15) is 0 Å². The monoisotopic (exact) mass is 389 g/mol. The van der Waals surface area contributed by atoms with Crippen molar-refractivity contribution in [1.29, 1.82) is 0 Å². The molecule has 0 amide bonds. The highest BCUT2D eigenvalue weighted by molar-refractivity contribution is 5.88. The van der Waals surface area contributed by atoms with Gasteiger partial charge < -0.3 is 14.5 Å². The van der Waals surface area contributed by atoms with E-state index < -0.39 is 0 Å². The first-order valence-corrected chi connectivity index (χ1v) is 10.6. The molecule has 2 aromatic rings. The van der Waals surface area contributed by atoms with E-state index in [2.05, 4.69) is 86.0 Å². The number of hydrogen-bond donors (Lipinski definition) is 0. The van der Waals surface area contributed by atoms with Crippen LogP contribution in [-0.2, 0) is 4.74 Å². The Morgan fingerprint density at radius 2 is 1.79 bits per heavy atom. The Kier molecular flexibility index (Phi) is 5.46. The second kappa shape index (κ2) is 8.03. The van der Waals surface area contributed by atoms with Gasteiger partial charge in [0, 0.05) is 42.8 Å². The normalized spacial score (nSPS) is 18.7. The average molecular weight is 390 g/mol. The highest BCUT2D eigenvalue weighted by Crippen LogP contribution is 2.38. The number of rotatable bonds is 4. The third-order valence-corrected chi connectivity index (χ3v) is 5.91. The van der Waals surface area contributed by atoms with Crippen LogP contribution in [0.25, 0.3) is 5.57 Å². The minimum absolute atomic E-state index is 0.0453. The number of fused-ring (bicyclic) bond motifs is 1. The van der Waals surface area contributed by atoms with E-state index in [0.29, 0.717) is 0 Å². The summed E-state index contributed by atoms with van der Waals surface area (Å²) in [6.07, 6.45) is 4.33. The average Bonchev–Trinajstić information content (AvgIpc) is 2.73. The molecule has 0 aliphatic carbocycles. The summed E-state index contributed by atoms with van der Waals surface area (Å²) < 4.78 is 5.43. The molecule has 0 spiro atoms. The number of anilines is 2. The Morgan fingerprint density at radius 1 is 1.07 bits per heavy atom. The molecule has 29 heavy (non-hydrogen) atoms. The van der Waals surface area contributed by atoms with Crippen LogP contribution in [0.1, 0.15) is 38.8 Å². The van der Waals surface area contributed by atoms with Gasteiger partial charge in [0.2, 0.25) is 0 Å². The smallest absolute Gasteiger partial charge is 0.0642 e. The molecule has 0 radical (unpaired) electrons. The van der Waals surface area contributed by atoms with Crippen LogP contribution in [-0.4, -0.2) is 44.6 Å². The second-order valence-corrected chi connectivity index (χ2v) is 8.38. The molecule has 0 unspecified atom stereocenters. The molecule has 0 N–H and O–H groups in total. The van der Waals surface area contributed by atoms with Crippen LogP contribution in [0.4, 0.5) is 17.1 Å². The number of aliphatic imine (C=N–C) groups is 1. The summed E-state index contributed by atoms with van der Waals surface area (Å²) in [5, 5.41) is 0. The number of allylic oxidation sites excluding steroid dienone is 1.